The SMILES string of the molecule is COc1c(C)c2c(c(C)c1C(C)CN)CCCC2. The Balaban J connectivity index is 2.68. The van der Waals surface area contributed by atoms with E-state index in [9.17, 15) is 0 Å². The van der Waals surface area contributed by atoms with Crippen LogP contribution in [0.1, 0.15) is 53.5 Å². The zero-order valence-electron chi connectivity index (χ0n) is 12.1. The van der Waals surface area contributed by atoms with Gasteiger partial charge < -0.3 is 10.5 Å². The Bertz CT molecular complexity index is 451. The molecule has 0 spiro atoms. The van der Waals surface area contributed by atoms with Gasteiger partial charge in [-0.2, -0.15) is 0 Å². The third-order valence-corrected chi connectivity index (χ3v) is 4.41. The van der Waals surface area contributed by atoms with Crippen LogP contribution < -0.4 is 10.5 Å². The number of methoxy groups -OCH3 is 1. The molecule has 0 aromatic heterocycles. The molecule has 2 nitrogen and oxygen atoms in total. The molecule has 2 heteroatoms. The lowest BCUT2D eigenvalue weighted by atomic mass is 9.80. The average molecular weight is 247 g/mol. The standard InChI is InChI=1S/C16H25NO/c1-10(9-17)15-11(2)13-7-5-6-8-14(13)12(3)16(15)18-4/h10H,5-9,17H2,1-4H3. The second-order valence-corrected chi connectivity index (χ2v) is 5.50. The van der Waals surface area contributed by atoms with Crippen molar-refractivity contribution in [3.05, 3.63) is 27.8 Å². The predicted molar refractivity (Wildman–Crippen MR) is 76.6 cm³/mol. The molecule has 0 saturated carbocycles. The topological polar surface area (TPSA) is 35.2 Å². The number of hydrogen-bond donors (Lipinski definition) is 1. The van der Waals surface area contributed by atoms with E-state index in [1.807, 2.05) is 0 Å². The zero-order valence-corrected chi connectivity index (χ0v) is 12.1. The monoisotopic (exact) mass is 247 g/mol. The van der Waals surface area contributed by atoms with Gasteiger partial charge >= 0.3 is 0 Å². The highest BCUT2D eigenvalue weighted by Crippen LogP contribution is 2.40. The molecule has 1 aliphatic carbocycles. The molecule has 1 atom stereocenters. The fraction of sp³-hybridized carbons (Fsp3) is 0.625. The van der Waals surface area contributed by atoms with Crippen molar-refractivity contribution >= 4 is 0 Å². The van der Waals surface area contributed by atoms with Crippen LogP contribution in [-0.2, 0) is 12.8 Å². The van der Waals surface area contributed by atoms with Crippen LogP contribution in [0.15, 0.2) is 0 Å². The minimum Gasteiger partial charge on any atom is -0.496 e. The van der Waals surface area contributed by atoms with Crippen molar-refractivity contribution in [2.24, 2.45) is 5.73 Å². The third-order valence-electron chi connectivity index (χ3n) is 4.41. The summed E-state index contributed by atoms with van der Waals surface area (Å²) < 4.78 is 5.69. The fourth-order valence-corrected chi connectivity index (χ4v) is 3.38. The molecule has 1 aromatic rings. The number of ether oxygens (including phenoxy) is 1. The smallest absolute Gasteiger partial charge is 0.125 e. The van der Waals surface area contributed by atoms with Crippen molar-refractivity contribution in [3.8, 4) is 5.75 Å². The summed E-state index contributed by atoms with van der Waals surface area (Å²) in [5, 5.41) is 0. The molecule has 18 heavy (non-hydrogen) atoms. The van der Waals surface area contributed by atoms with Crippen LogP contribution >= 0.6 is 0 Å². The summed E-state index contributed by atoms with van der Waals surface area (Å²) in [7, 11) is 1.78. The Kier molecular flexibility index (Phi) is 3.96. The average Bonchev–Trinajstić information content (AvgIpc) is 2.41. The van der Waals surface area contributed by atoms with Crippen LogP contribution in [0.5, 0.6) is 5.75 Å². The van der Waals surface area contributed by atoms with Gasteiger partial charge in [0.15, 0.2) is 0 Å². The molecular formula is C16H25NO. The third kappa shape index (κ3) is 2.03. The molecule has 2 N–H and O–H groups in total. The largest absolute Gasteiger partial charge is 0.496 e. The number of nitrogens with two attached hydrogens (primary N) is 1. The van der Waals surface area contributed by atoms with Gasteiger partial charge in [-0.25, -0.2) is 0 Å². The van der Waals surface area contributed by atoms with Crippen molar-refractivity contribution in [3.63, 3.8) is 0 Å². The van der Waals surface area contributed by atoms with E-state index in [1.54, 1.807) is 12.7 Å². The van der Waals surface area contributed by atoms with Crippen molar-refractivity contribution in [2.75, 3.05) is 13.7 Å². The molecule has 1 aromatic carbocycles. The van der Waals surface area contributed by atoms with E-state index in [1.165, 1.54) is 47.9 Å². The first-order valence-electron chi connectivity index (χ1n) is 7.00. The van der Waals surface area contributed by atoms with Gasteiger partial charge in [-0.3, -0.25) is 0 Å². The van der Waals surface area contributed by atoms with Crippen LogP contribution in [0.2, 0.25) is 0 Å². The van der Waals surface area contributed by atoms with Crippen molar-refractivity contribution in [2.45, 2.75) is 52.4 Å². The first-order chi connectivity index (χ1) is 8.61. The molecule has 0 amide bonds. The second-order valence-electron chi connectivity index (χ2n) is 5.50. The summed E-state index contributed by atoms with van der Waals surface area (Å²) in [6.07, 6.45) is 5.05. The summed E-state index contributed by atoms with van der Waals surface area (Å²) >= 11 is 0. The maximum Gasteiger partial charge on any atom is 0.125 e. The van der Waals surface area contributed by atoms with Gasteiger partial charge in [0.25, 0.3) is 0 Å². The lowest BCUT2D eigenvalue weighted by molar-refractivity contribution is 0.401. The van der Waals surface area contributed by atoms with Crippen LogP contribution in [-0.4, -0.2) is 13.7 Å². The van der Waals surface area contributed by atoms with E-state index in [4.69, 9.17) is 10.5 Å². The summed E-state index contributed by atoms with van der Waals surface area (Å²) in [6, 6.07) is 0. The molecule has 0 radical (unpaired) electrons. The van der Waals surface area contributed by atoms with Gasteiger partial charge in [0.2, 0.25) is 0 Å². The van der Waals surface area contributed by atoms with Crippen molar-refractivity contribution in [1.82, 2.24) is 0 Å². The van der Waals surface area contributed by atoms with Crippen LogP contribution in [0.25, 0.3) is 0 Å². The molecule has 0 fully saturated rings. The fourth-order valence-electron chi connectivity index (χ4n) is 3.38. The molecule has 0 aliphatic heterocycles. The lowest BCUT2D eigenvalue weighted by Crippen LogP contribution is -2.16. The highest BCUT2D eigenvalue weighted by molar-refractivity contribution is 5.57. The van der Waals surface area contributed by atoms with Crippen molar-refractivity contribution in [1.29, 1.82) is 0 Å². The molecule has 2 rings (SSSR count). The van der Waals surface area contributed by atoms with E-state index in [-0.39, 0.29) is 0 Å². The van der Waals surface area contributed by atoms with E-state index in [0.29, 0.717) is 12.5 Å². The van der Waals surface area contributed by atoms with E-state index >= 15 is 0 Å². The van der Waals surface area contributed by atoms with Gasteiger partial charge in [-0.1, -0.05) is 6.92 Å². The van der Waals surface area contributed by atoms with Gasteiger partial charge in [-0.15, -0.1) is 0 Å². The van der Waals surface area contributed by atoms with E-state index < -0.39 is 0 Å². The minimum atomic E-state index is 0.367. The second kappa shape index (κ2) is 5.31. The van der Waals surface area contributed by atoms with Gasteiger partial charge in [-0.05, 0) is 74.2 Å². The minimum absolute atomic E-state index is 0.367. The van der Waals surface area contributed by atoms with Gasteiger partial charge in [0.05, 0.1) is 7.11 Å². The molecule has 0 saturated heterocycles. The molecule has 0 bridgehead atoms. The van der Waals surface area contributed by atoms with E-state index in [0.717, 1.165) is 5.75 Å². The molecule has 1 aliphatic rings. The van der Waals surface area contributed by atoms with Gasteiger partial charge in [0, 0.05) is 5.56 Å². The summed E-state index contributed by atoms with van der Waals surface area (Å²) in [4.78, 5) is 0. The Morgan fingerprint density at radius 2 is 1.67 bits per heavy atom. The Morgan fingerprint density at radius 3 is 2.17 bits per heavy atom. The first-order valence-corrected chi connectivity index (χ1v) is 7.00. The highest BCUT2D eigenvalue weighted by atomic mass is 16.5. The lowest BCUT2D eigenvalue weighted by Gasteiger charge is -2.28. The number of fused-ring (bicyclic) bond motifs is 1. The number of benzene rings is 1. The normalized spacial score (nSPS) is 16.3. The van der Waals surface area contributed by atoms with Crippen LogP contribution in [0.4, 0.5) is 0 Å². The summed E-state index contributed by atoms with van der Waals surface area (Å²) in [5.41, 5.74) is 13.1. The molecular weight excluding hydrogens is 222 g/mol. The van der Waals surface area contributed by atoms with Crippen LogP contribution in [0, 0.1) is 13.8 Å². The Hall–Kier alpha value is -1.02. The number of hydrogen-bond acceptors (Lipinski definition) is 2. The maximum absolute atomic E-state index is 5.87. The van der Waals surface area contributed by atoms with Gasteiger partial charge in [0.1, 0.15) is 5.75 Å². The maximum atomic E-state index is 5.87. The summed E-state index contributed by atoms with van der Waals surface area (Å²) in [6.45, 7) is 7.32. The molecule has 1 unspecified atom stereocenters. The molecule has 100 valence electrons. The summed E-state index contributed by atoms with van der Waals surface area (Å²) in [5.74, 6) is 1.44. The Morgan fingerprint density at radius 1 is 1.11 bits per heavy atom. The Labute approximate surface area is 111 Å². The first kappa shape index (κ1) is 13.4. The van der Waals surface area contributed by atoms with E-state index in [2.05, 4.69) is 20.8 Å². The zero-order chi connectivity index (χ0) is 13.3. The quantitative estimate of drug-likeness (QED) is 0.890. The predicted octanol–water partition coefficient (Wildman–Crippen LogP) is 3.25. The van der Waals surface area contributed by atoms with Crippen LogP contribution in [0.3, 0.4) is 0 Å². The number of rotatable bonds is 3. The highest BCUT2D eigenvalue weighted by Gasteiger charge is 2.24. The molecule has 0 heterocycles. The van der Waals surface area contributed by atoms with Crippen molar-refractivity contribution < 1.29 is 4.74 Å².